The fourth-order valence-electron chi connectivity index (χ4n) is 2.96. The van der Waals surface area contributed by atoms with E-state index < -0.39 is 7.14 Å². The van der Waals surface area contributed by atoms with Crippen molar-refractivity contribution in [1.82, 2.24) is 0 Å². The van der Waals surface area contributed by atoms with Crippen molar-refractivity contribution in [3.8, 4) is 0 Å². The Morgan fingerprint density at radius 2 is 0.828 bits per heavy atom. The third-order valence-corrected chi connectivity index (χ3v) is 7.73. The maximum Gasteiger partial charge on any atom is 0.171 e. The summed E-state index contributed by atoms with van der Waals surface area (Å²) in [5.74, 6) is 0. The monoisotopic (exact) mass is 415 g/mol. The van der Waals surface area contributed by atoms with Gasteiger partial charge in [-0.3, -0.25) is 0 Å². The number of benzene rings is 4. The van der Waals surface area contributed by atoms with Gasteiger partial charge in [-0.15, -0.1) is 0 Å². The lowest BCUT2D eigenvalue weighted by atomic mass is 10.2. The smallest absolute Gasteiger partial charge is 0.171 e. The third-order valence-electron chi connectivity index (χ3n) is 4.42. The van der Waals surface area contributed by atoms with E-state index in [4.69, 9.17) is 18.0 Å². The van der Waals surface area contributed by atoms with E-state index in [1.807, 2.05) is 121 Å². The van der Waals surface area contributed by atoms with E-state index in [-0.39, 0.29) is 0 Å². The van der Waals surface area contributed by atoms with Crippen LogP contribution < -0.4 is 21.6 Å². The first-order chi connectivity index (χ1) is 14.1. The standard InChI is InChI=1S/C18H15OP.C7H7NS/c19-20(16-10-4-1-5-11-16,17-12-6-2-7-13-17)18-14-8-3-9-15-18;8-7(9)6-4-2-1-3-5-6/h1-15H;1-5H,(H2,8,9). The Bertz CT molecular complexity index is 981. The Kier molecular flexibility index (Phi) is 7.13. The van der Waals surface area contributed by atoms with Gasteiger partial charge in [-0.25, -0.2) is 0 Å². The highest BCUT2D eigenvalue weighted by Gasteiger charge is 2.28. The minimum absolute atomic E-state index is 0.454. The minimum atomic E-state index is -2.78. The molecular formula is C25H22NOPS. The van der Waals surface area contributed by atoms with Gasteiger partial charge in [0.25, 0.3) is 0 Å². The summed E-state index contributed by atoms with van der Waals surface area (Å²) in [6.45, 7) is 0. The van der Waals surface area contributed by atoms with Crippen molar-refractivity contribution in [3.63, 3.8) is 0 Å². The topological polar surface area (TPSA) is 43.1 Å². The molecule has 0 bridgehead atoms. The van der Waals surface area contributed by atoms with Crippen LogP contribution in [0, 0.1) is 0 Å². The second-order valence-electron chi connectivity index (χ2n) is 6.35. The molecule has 0 aliphatic carbocycles. The molecule has 2 N–H and O–H groups in total. The number of hydrogen-bond donors (Lipinski definition) is 1. The predicted molar refractivity (Wildman–Crippen MR) is 128 cm³/mol. The molecule has 0 radical (unpaired) electrons. The summed E-state index contributed by atoms with van der Waals surface area (Å²) < 4.78 is 13.8. The molecule has 0 aliphatic rings. The maximum absolute atomic E-state index is 13.8. The van der Waals surface area contributed by atoms with E-state index >= 15 is 0 Å². The molecule has 0 atom stereocenters. The predicted octanol–water partition coefficient (Wildman–Crippen LogP) is 4.65. The molecule has 0 unspecified atom stereocenters. The summed E-state index contributed by atoms with van der Waals surface area (Å²) in [5.41, 5.74) is 6.27. The summed E-state index contributed by atoms with van der Waals surface area (Å²) in [4.78, 5) is 0.454. The largest absolute Gasteiger partial charge is 0.389 e. The van der Waals surface area contributed by atoms with E-state index in [1.54, 1.807) is 0 Å². The van der Waals surface area contributed by atoms with Gasteiger partial charge in [-0.05, 0) is 0 Å². The van der Waals surface area contributed by atoms with E-state index in [1.165, 1.54) is 0 Å². The van der Waals surface area contributed by atoms with Gasteiger partial charge in [0, 0.05) is 21.5 Å². The molecule has 4 aromatic carbocycles. The highest BCUT2D eigenvalue weighted by atomic mass is 32.1. The summed E-state index contributed by atoms with van der Waals surface area (Å²) in [6, 6.07) is 38.7. The van der Waals surface area contributed by atoms with Crippen molar-refractivity contribution in [2.24, 2.45) is 5.73 Å². The van der Waals surface area contributed by atoms with Gasteiger partial charge < -0.3 is 10.3 Å². The van der Waals surface area contributed by atoms with Crippen LogP contribution in [0.1, 0.15) is 5.56 Å². The van der Waals surface area contributed by atoms with Crippen LogP contribution in [-0.4, -0.2) is 4.99 Å². The fourth-order valence-corrected chi connectivity index (χ4v) is 5.77. The zero-order valence-electron chi connectivity index (χ0n) is 15.9. The van der Waals surface area contributed by atoms with E-state index in [2.05, 4.69) is 0 Å². The third kappa shape index (κ3) is 5.08. The van der Waals surface area contributed by atoms with Crippen LogP contribution in [0.4, 0.5) is 0 Å². The molecule has 0 aromatic heterocycles. The van der Waals surface area contributed by atoms with Crippen molar-refractivity contribution < 1.29 is 4.57 Å². The van der Waals surface area contributed by atoms with Gasteiger partial charge in [0.05, 0.1) is 0 Å². The average molecular weight is 415 g/mol. The zero-order chi connectivity index (χ0) is 20.5. The summed E-state index contributed by atoms with van der Waals surface area (Å²) in [7, 11) is -2.78. The van der Waals surface area contributed by atoms with Gasteiger partial charge in [-0.2, -0.15) is 0 Å². The molecule has 4 heteroatoms. The molecule has 29 heavy (non-hydrogen) atoms. The lowest BCUT2D eigenvalue weighted by molar-refractivity contribution is 0.592. The summed E-state index contributed by atoms with van der Waals surface area (Å²) in [5, 5.41) is 2.62. The Hall–Kier alpha value is -3.00. The molecule has 2 nitrogen and oxygen atoms in total. The normalized spacial score (nSPS) is 10.5. The zero-order valence-corrected chi connectivity index (χ0v) is 17.6. The van der Waals surface area contributed by atoms with Crippen molar-refractivity contribution in [2.75, 3.05) is 0 Å². The Labute approximate surface area is 177 Å². The Morgan fingerprint density at radius 3 is 1.07 bits per heavy atom. The first-order valence-corrected chi connectivity index (χ1v) is 11.4. The second kappa shape index (κ2) is 9.97. The number of thiocarbonyl (C=S) groups is 1. The molecule has 4 rings (SSSR count). The molecule has 0 saturated heterocycles. The van der Waals surface area contributed by atoms with Gasteiger partial charge in [-0.1, -0.05) is 134 Å². The quantitative estimate of drug-likeness (QED) is 0.390. The minimum Gasteiger partial charge on any atom is -0.389 e. The van der Waals surface area contributed by atoms with Crippen LogP contribution in [0.5, 0.6) is 0 Å². The van der Waals surface area contributed by atoms with Gasteiger partial charge in [0.15, 0.2) is 7.14 Å². The van der Waals surface area contributed by atoms with Gasteiger partial charge in [0.1, 0.15) is 4.99 Å². The van der Waals surface area contributed by atoms with Gasteiger partial charge in [0.2, 0.25) is 0 Å². The SMILES string of the molecule is NC(=S)c1ccccc1.O=P(c1ccccc1)(c1ccccc1)c1ccccc1. The average Bonchev–Trinajstić information content (AvgIpc) is 2.81. The highest BCUT2D eigenvalue weighted by Crippen LogP contribution is 2.41. The Morgan fingerprint density at radius 1 is 0.552 bits per heavy atom. The van der Waals surface area contributed by atoms with E-state index in [9.17, 15) is 4.57 Å². The van der Waals surface area contributed by atoms with Crippen LogP contribution in [0.3, 0.4) is 0 Å². The molecule has 0 aliphatic heterocycles. The second-order valence-corrected chi connectivity index (χ2v) is 9.55. The molecule has 0 spiro atoms. The van der Waals surface area contributed by atoms with Crippen molar-refractivity contribution >= 4 is 40.3 Å². The number of rotatable bonds is 4. The van der Waals surface area contributed by atoms with E-state index in [0.29, 0.717) is 4.99 Å². The van der Waals surface area contributed by atoms with Crippen molar-refractivity contribution in [2.45, 2.75) is 0 Å². The van der Waals surface area contributed by atoms with Crippen LogP contribution in [0.15, 0.2) is 121 Å². The molecule has 144 valence electrons. The summed E-state index contributed by atoms with van der Waals surface area (Å²) in [6.07, 6.45) is 0. The van der Waals surface area contributed by atoms with Crippen molar-refractivity contribution in [1.29, 1.82) is 0 Å². The molecule has 0 saturated carbocycles. The number of hydrogen-bond acceptors (Lipinski definition) is 2. The number of nitrogens with two attached hydrogens (primary N) is 1. The van der Waals surface area contributed by atoms with Crippen LogP contribution >= 0.6 is 19.4 Å². The Balaban J connectivity index is 0.000000224. The molecule has 0 amide bonds. The lowest BCUT2D eigenvalue weighted by Gasteiger charge is -2.19. The van der Waals surface area contributed by atoms with Crippen LogP contribution in [-0.2, 0) is 4.57 Å². The highest BCUT2D eigenvalue weighted by molar-refractivity contribution is 7.85. The van der Waals surface area contributed by atoms with Crippen LogP contribution in [0.25, 0.3) is 0 Å². The first kappa shape index (κ1) is 20.7. The summed E-state index contributed by atoms with van der Waals surface area (Å²) >= 11 is 4.74. The molecular weight excluding hydrogens is 393 g/mol. The van der Waals surface area contributed by atoms with Crippen LogP contribution in [0.2, 0.25) is 0 Å². The maximum atomic E-state index is 13.8. The molecule has 4 aromatic rings. The fraction of sp³-hybridized carbons (Fsp3) is 0. The van der Waals surface area contributed by atoms with Gasteiger partial charge >= 0.3 is 0 Å². The first-order valence-electron chi connectivity index (χ1n) is 9.24. The lowest BCUT2D eigenvalue weighted by Crippen LogP contribution is -2.24. The van der Waals surface area contributed by atoms with E-state index in [0.717, 1.165) is 21.5 Å². The molecule has 0 heterocycles. The molecule has 0 fully saturated rings. The van der Waals surface area contributed by atoms with Crippen molar-refractivity contribution in [3.05, 3.63) is 127 Å².